The third-order valence-corrected chi connectivity index (χ3v) is 4.79. The highest BCUT2D eigenvalue weighted by Crippen LogP contribution is 2.20. The Labute approximate surface area is 163 Å². The lowest BCUT2D eigenvalue weighted by Gasteiger charge is -2.34. The average molecular weight is 385 g/mol. The first-order valence-electron chi connectivity index (χ1n) is 9.40. The quantitative estimate of drug-likeness (QED) is 0.707. The molecule has 1 amide bonds. The molecule has 0 aliphatic carbocycles. The number of hydrogen-bond donors (Lipinski definition) is 1. The van der Waals surface area contributed by atoms with Crippen LogP contribution in [0.1, 0.15) is 34.8 Å². The van der Waals surface area contributed by atoms with Crippen molar-refractivity contribution in [3.8, 4) is 0 Å². The summed E-state index contributed by atoms with van der Waals surface area (Å²) in [4.78, 5) is 30.9. The summed E-state index contributed by atoms with van der Waals surface area (Å²) in [6.45, 7) is 3.35. The number of amides is 1. The second kappa shape index (κ2) is 10.1. The van der Waals surface area contributed by atoms with Crippen molar-refractivity contribution in [1.82, 2.24) is 15.2 Å². The van der Waals surface area contributed by atoms with Gasteiger partial charge >= 0.3 is 0 Å². The molecule has 0 bridgehead atoms. The number of benzene rings is 1. The number of rotatable bonds is 8. The Morgan fingerprint density at radius 3 is 2.57 bits per heavy atom. The topological polar surface area (TPSA) is 71.5 Å². The zero-order valence-corrected chi connectivity index (χ0v) is 15.6. The van der Waals surface area contributed by atoms with Crippen LogP contribution < -0.4 is 5.32 Å². The number of halogens is 1. The number of ether oxygens (including phenoxy) is 1. The van der Waals surface area contributed by atoms with E-state index in [0.29, 0.717) is 25.3 Å². The number of hydrogen-bond acceptors (Lipinski definition) is 5. The molecule has 1 fully saturated rings. The molecule has 0 spiro atoms. The van der Waals surface area contributed by atoms with E-state index < -0.39 is 0 Å². The van der Waals surface area contributed by atoms with E-state index in [1.165, 1.54) is 24.3 Å². The van der Waals surface area contributed by atoms with Crippen LogP contribution in [0.5, 0.6) is 0 Å². The predicted octanol–water partition coefficient (Wildman–Crippen LogP) is 2.37. The molecule has 1 N–H and O–H groups in total. The number of nitrogens with zero attached hydrogens (tertiary/aromatic N) is 2. The van der Waals surface area contributed by atoms with Crippen LogP contribution in [-0.2, 0) is 9.53 Å². The molecule has 28 heavy (non-hydrogen) atoms. The van der Waals surface area contributed by atoms with Crippen LogP contribution in [0.25, 0.3) is 0 Å². The highest BCUT2D eigenvalue weighted by Gasteiger charge is 2.23. The van der Waals surface area contributed by atoms with E-state index in [-0.39, 0.29) is 36.4 Å². The third kappa shape index (κ3) is 5.68. The van der Waals surface area contributed by atoms with Crippen molar-refractivity contribution in [2.45, 2.75) is 18.9 Å². The van der Waals surface area contributed by atoms with Crippen LogP contribution in [0.15, 0.2) is 48.8 Å². The zero-order chi connectivity index (χ0) is 19.8. The lowest BCUT2D eigenvalue weighted by molar-refractivity contribution is -0.121. The summed E-state index contributed by atoms with van der Waals surface area (Å²) in [6, 6.07) is 9.25. The number of aromatic nitrogens is 1. The van der Waals surface area contributed by atoms with Crippen molar-refractivity contribution in [3.05, 3.63) is 65.7 Å². The maximum absolute atomic E-state index is 12.9. The summed E-state index contributed by atoms with van der Waals surface area (Å²) >= 11 is 0. The van der Waals surface area contributed by atoms with Gasteiger partial charge in [0.05, 0.1) is 19.3 Å². The molecule has 0 saturated carbocycles. The lowest BCUT2D eigenvalue weighted by atomic mass is 10.1. The Hall–Kier alpha value is -2.64. The van der Waals surface area contributed by atoms with Gasteiger partial charge in [-0.15, -0.1) is 0 Å². The number of Topliss-reactive ketones (excluding diaryl/α,β-unsaturated/α-hetero) is 1. The van der Waals surface area contributed by atoms with Crippen LogP contribution in [0.2, 0.25) is 0 Å². The fraction of sp³-hybridized carbons (Fsp3) is 0.381. The monoisotopic (exact) mass is 385 g/mol. The van der Waals surface area contributed by atoms with E-state index in [1.54, 1.807) is 6.20 Å². The fourth-order valence-corrected chi connectivity index (χ4v) is 3.23. The van der Waals surface area contributed by atoms with Gasteiger partial charge in [0.15, 0.2) is 5.78 Å². The summed E-state index contributed by atoms with van der Waals surface area (Å²) in [7, 11) is 0. The van der Waals surface area contributed by atoms with E-state index >= 15 is 0 Å². The number of carbonyl (C=O) groups is 2. The summed E-state index contributed by atoms with van der Waals surface area (Å²) in [5.41, 5.74) is 1.45. The molecule has 1 unspecified atom stereocenters. The van der Waals surface area contributed by atoms with Gasteiger partial charge < -0.3 is 10.1 Å². The molecule has 2 heterocycles. The Morgan fingerprint density at radius 1 is 1.14 bits per heavy atom. The van der Waals surface area contributed by atoms with E-state index in [9.17, 15) is 14.0 Å². The van der Waals surface area contributed by atoms with Crippen molar-refractivity contribution >= 4 is 11.7 Å². The molecule has 3 rings (SSSR count). The summed E-state index contributed by atoms with van der Waals surface area (Å²) in [5.74, 6) is -0.747. The lowest BCUT2D eigenvalue weighted by Crippen LogP contribution is -2.43. The van der Waals surface area contributed by atoms with E-state index in [2.05, 4.69) is 15.2 Å². The van der Waals surface area contributed by atoms with E-state index in [1.807, 2.05) is 18.3 Å². The molecular weight excluding hydrogens is 361 g/mol. The van der Waals surface area contributed by atoms with Gasteiger partial charge in [0.2, 0.25) is 5.91 Å². The predicted molar refractivity (Wildman–Crippen MR) is 102 cm³/mol. The van der Waals surface area contributed by atoms with Gasteiger partial charge in [-0.2, -0.15) is 0 Å². The molecule has 148 valence electrons. The minimum Gasteiger partial charge on any atom is -0.379 e. The standard InChI is InChI=1S/C21H24FN3O3/c22-18-5-3-16(4-6-18)20(26)7-8-21(27)24-15-19(17-2-1-9-23-14-17)25-10-12-28-13-11-25/h1-6,9,14,19H,7-8,10-13,15H2,(H,24,27). The Kier molecular flexibility index (Phi) is 7.22. The smallest absolute Gasteiger partial charge is 0.220 e. The van der Waals surface area contributed by atoms with Crippen molar-refractivity contribution < 1.29 is 18.7 Å². The number of ketones is 1. The first-order chi connectivity index (χ1) is 13.6. The molecular formula is C21H24FN3O3. The van der Waals surface area contributed by atoms with Gasteiger partial charge in [-0.05, 0) is 35.9 Å². The fourth-order valence-electron chi connectivity index (χ4n) is 3.23. The van der Waals surface area contributed by atoms with Gasteiger partial charge in [0.25, 0.3) is 0 Å². The number of pyridine rings is 1. The van der Waals surface area contributed by atoms with Crippen LogP contribution in [0, 0.1) is 5.82 Å². The molecule has 7 heteroatoms. The van der Waals surface area contributed by atoms with Crippen molar-refractivity contribution in [2.24, 2.45) is 0 Å². The molecule has 1 atom stereocenters. The molecule has 2 aromatic rings. The van der Waals surface area contributed by atoms with Gasteiger partial charge in [0.1, 0.15) is 5.82 Å². The van der Waals surface area contributed by atoms with E-state index in [4.69, 9.17) is 4.74 Å². The molecule has 1 aromatic heterocycles. The van der Waals surface area contributed by atoms with Crippen LogP contribution in [0.3, 0.4) is 0 Å². The highest BCUT2D eigenvalue weighted by molar-refractivity contribution is 5.97. The van der Waals surface area contributed by atoms with E-state index in [0.717, 1.165) is 18.7 Å². The van der Waals surface area contributed by atoms with Crippen LogP contribution in [-0.4, -0.2) is 54.4 Å². The third-order valence-electron chi connectivity index (χ3n) is 4.79. The summed E-state index contributed by atoms with van der Waals surface area (Å²) in [6.07, 6.45) is 3.72. The zero-order valence-electron chi connectivity index (χ0n) is 15.6. The molecule has 1 aliphatic rings. The molecule has 6 nitrogen and oxygen atoms in total. The maximum Gasteiger partial charge on any atom is 0.220 e. The SMILES string of the molecule is O=C(CCC(=O)c1ccc(F)cc1)NCC(c1cccnc1)N1CCOCC1. The minimum absolute atomic E-state index is 0.00866. The van der Waals surface area contributed by atoms with Gasteiger partial charge in [-0.3, -0.25) is 19.5 Å². The molecule has 1 aromatic carbocycles. The first-order valence-corrected chi connectivity index (χ1v) is 9.40. The largest absolute Gasteiger partial charge is 0.379 e. The molecule has 1 aliphatic heterocycles. The maximum atomic E-state index is 12.9. The molecule has 1 saturated heterocycles. The first kappa shape index (κ1) is 20.1. The van der Waals surface area contributed by atoms with Gasteiger partial charge in [-0.1, -0.05) is 6.07 Å². The summed E-state index contributed by atoms with van der Waals surface area (Å²) < 4.78 is 18.4. The normalized spacial score (nSPS) is 15.8. The van der Waals surface area contributed by atoms with Gasteiger partial charge in [-0.25, -0.2) is 4.39 Å². The minimum atomic E-state index is -0.390. The average Bonchev–Trinajstić information content (AvgIpc) is 2.74. The van der Waals surface area contributed by atoms with Crippen LogP contribution >= 0.6 is 0 Å². The van der Waals surface area contributed by atoms with Crippen LogP contribution in [0.4, 0.5) is 4.39 Å². The summed E-state index contributed by atoms with van der Waals surface area (Å²) in [5, 5.41) is 2.93. The second-order valence-corrected chi connectivity index (χ2v) is 6.68. The molecule has 0 radical (unpaired) electrons. The Bertz CT molecular complexity index is 777. The Morgan fingerprint density at radius 2 is 1.89 bits per heavy atom. The number of carbonyl (C=O) groups excluding carboxylic acids is 2. The van der Waals surface area contributed by atoms with Crippen molar-refractivity contribution in [3.63, 3.8) is 0 Å². The Balaban J connectivity index is 1.53. The van der Waals surface area contributed by atoms with Crippen molar-refractivity contribution in [1.29, 1.82) is 0 Å². The highest BCUT2D eigenvalue weighted by atomic mass is 19.1. The second-order valence-electron chi connectivity index (χ2n) is 6.68. The van der Waals surface area contributed by atoms with Gasteiger partial charge in [0, 0.05) is 50.4 Å². The van der Waals surface area contributed by atoms with Crippen molar-refractivity contribution in [2.75, 3.05) is 32.8 Å². The number of nitrogens with one attached hydrogen (secondary N) is 1. The number of morpholine rings is 1.